The van der Waals surface area contributed by atoms with E-state index in [1.807, 2.05) is 32.3 Å². The molecule has 0 aliphatic carbocycles. The molecule has 0 atom stereocenters. The van der Waals surface area contributed by atoms with Crippen LogP contribution in [0.15, 0.2) is 11.2 Å². The van der Waals surface area contributed by atoms with Crippen LogP contribution in [0, 0.1) is 6.92 Å². The molecule has 0 fully saturated rings. The van der Waals surface area contributed by atoms with Gasteiger partial charge in [-0.1, -0.05) is 6.92 Å². The minimum absolute atomic E-state index is 0.104. The second-order valence-electron chi connectivity index (χ2n) is 5.51. The lowest BCUT2D eigenvalue weighted by Gasteiger charge is -2.35. The van der Waals surface area contributed by atoms with Crippen molar-refractivity contribution in [3.8, 4) is 0 Å². The molecular formula is C13H26N4O2S. The van der Waals surface area contributed by atoms with Crippen molar-refractivity contribution in [1.29, 1.82) is 0 Å². The molecule has 0 aliphatic heterocycles. The SMILES string of the molecule is CCCN(C(C)(C)CN)S(=O)(=O)c1cn(CC)c(C)n1. The molecule has 0 unspecified atom stereocenters. The van der Waals surface area contributed by atoms with Crippen LogP contribution in [0.2, 0.25) is 0 Å². The Balaban J connectivity index is 3.29. The molecule has 0 radical (unpaired) electrons. The maximum Gasteiger partial charge on any atom is 0.262 e. The Bertz CT molecular complexity index is 549. The standard InChI is InChI=1S/C13H26N4O2S/c1-6-8-17(13(4,5)10-14)20(18,19)12-9-16(7-2)11(3)15-12/h9H,6-8,10,14H2,1-5H3. The van der Waals surface area contributed by atoms with Gasteiger partial charge in [-0.3, -0.25) is 0 Å². The van der Waals surface area contributed by atoms with E-state index in [2.05, 4.69) is 4.98 Å². The molecule has 0 bridgehead atoms. The summed E-state index contributed by atoms with van der Waals surface area (Å²) in [6.07, 6.45) is 2.33. The van der Waals surface area contributed by atoms with Crippen molar-refractivity contribution in [2.45, 2.75) is 58.1 Å². The number of nitrogens with zero attached hydrogens (tertiary/aromatic N) is 3. The van der Waals surface area contributed by atoms with Gasteiger partial charge in [0.1, 0.15) is 5.82 Å². The molecular weight excluding hydrogens is 276 g/mol. The number of aryl methyl sites for hydroxylation is 2. The topological polar surface area (TPSA) is 81.2 Å². The summed E-state index contributed by atoms with van der Waals surface area (Å²) in [5.41, 5.74) is 5.12. The number of rotatable bonds is 7. The Morgan fingerprint density at radius 2 is 2.00 bits per heavy atom. The van der Waals surface area contributed by atoms with Crippen molar-refractivity contribution in [3.63, 3.8) is 0 Å². The normalized spacial score (nSPS) is 13.2. The Labute approximate surface area is 122 Å². The molecule has 116 valence electrons. The largest absolute Gasteiger partial charge is 0.334 e. The Morgan fingerprint density at radius 3 is 2.40 bits per heavy atom. The van der Waals surface area contributed by atoms with Gasteiger partial charge in [-0.25, -0.2) is 13.4 Å². The molecule has 1 heterocycles. The van der Waals surface area contributed by atoms with E-state index in [1.54, 1.807) is 13.1 Å². The maximum absolute atomic E-state index is 12.8. The first-order chi connectivity index (χ1) is 9.20. The fourth-order valence-electron chi connectivity index (χ4n) is 2.09. The fourth-order valence-corrected chi connectivity index (χ4v) is 3.97. The van der Waals surface area contributed by atoms with Crippen LogP contribution < -0.4 is 5.73 Å². The molecule has 0 spiro atoms. The molecule has 0 amide bonds. The van der Waals surface area contributed by atoms with Crippen molar-refractivity contribution in [2.75, 3.05) is 13.1 Å². The molecule has 2 N–H and O–H groups in total. The van der Waals surface area contributed by atoms with Crippen LogP contribution in [-0.2, 0) is 16.6 Å². The number of imidazole rings is 1. The molecule has 0 saturated heterocycles. The summed E-state index contributed by atoms with van der Waals surface area (Å²) in [6.45, 7) is 10.8. The second kappa shape index (κ2) is 6.24. The number of sulfonamides is 1. The average Bonchev–Trinajstić information content (AvgIpc) is 2.77. The lowest BCUT2D eigenvalue weighted by Crippen LogP contribution is -2.52. The summed E-state index contributed by atoms with van der Waals surface area (Å²) in [5.74, 6) is 0.702. The molecule has 1 aromatic rings. The third-order valence-corrected chi connectivity index (χ3v) is 5.43. The maximum atomic E-state index is 12.8. The summed E-state index contributed by atoms with van der Waals surface area (Å²) in [7, 11) is -3.62. The van der Waals surface area contributed by atoms with Gasteiger partial charge in [0.05, 0.1) is 0 Å². The highest BCUT2D eigenvalue weighted by Gasteiger charge is 2.37. The predicted octanol–water partition coefficient (Wildman–Crippen LogP) is 1.35. The van der Waals surface area contributed by atoms with Crippen LogP contribution in [0.1, 0.15) is 39.9 Å². The molecule has 1 rings (SSSR count). The van der Waals surface area contributed by atoms with Gasteiger partial charge in [-0.05, 0) is 34.1 Å². The monoisotopic (exact) mass is 302 g/mol. The highest BCUT2D eigenvalue weighted by molar-refractivity contribution is 7.89. The molecule has 7 heteroatoms. The van der Waals surface area contributed by atoms with E-state index in [4.69, 9.17) is 5.73 Å². The minimum Gasteiger partial charge on any atom is -0.334 e. The molecule has 0 saturated carbocycles. The lowest BCUT2D eigenvalue weighted by molar-refractivity contribution is 0.234. The molecule has 6 nitrogen and oxygen atoms in total. The third kappa shape index (κ3) is 3.21. The van der Waals surface area contributed by atoms with Crippen LogP contribution in [0.25, 0.3) is 0 Å². The van der Waals surface area contributed by atoms with Crippen molar-refractivity contribution < 1.29 is 8.42 Å². The molecule has 1 aromatic heterocycles. The average molecular weight is 302 g/mol. The van der Waals surface area contributed by atoms with Gasteiger partial charge >= 0.3 is 0 Å². The van der Waals surface area contributed by atoms with Gasteiger partial charge < -0.3 is 10.3 Å². The Hall–Kier alpha value is -0.920. The third-order valence-electron chi connectivity index (χ3n) is 3.45. The van der Waals surface area contributed by atoms with Crippen LogP contribution >= 0.6 is 0 Å². The summed E-state index contributed by atoms with van der Waals surface area (Å²) in [5, 5.41) is 0.104. The second-order valence-corrected chi connectivity index (χ2v) is 7.32. The first-order valence-electron chi connectivity index (χ1n) is 6.97. The number of hydrogen-bond acceptors (Lipinski definition) is 4. The highest BCUT2D eigenvalue weighted by atomic mass is 32.2. The van der Waals surface area contributed by atoms with E-state index >= 15 is 0 Å². The van der Waals surface area contributed by atoms with Gasteiger partial charge in [0.2, 0.25) is 0 Å². The van der Waals surface area contributed by atoms with E-state index < -0.39 is 15.6 Å². The number of nitrogens with two attached hydrogens (primary N) is 1. The zero-order valence-electron chi connectivity index (χ0n) is 13.0. The molecule has 0 aliphatic rings. The molecule has 0 aromatic carbocycles. The van der Waals surface area contributed by atoms with Crippen LogP contribution in [0.3, 0.4) is 0 Å². The van der Waals surface area contributed by atoms with Crippen molar-refractivity contribution in [1.82, 2.24) is 13.9 Å². The highest BCUT2D eigenvalue weighted by Crippen LogP contribution is 2.24. The van der Waals surface area contributed by atoms with Gasteiger partial charge in [0.15, 0.2) is 5.03 Å². The zero-order chi connectivity index (χ0) is 15.6. The quantitative estimate of drug-likeness (QED) is 0.824. The van der Waals surface area contributed by atoms with Crippen molar-refractivity contribution in [3.05, 3.63) is 12.0 Å². The summed E-state index contributed by atoms with van der Waals surface area (Å²) < 4.78 is 28.9. The number of hydrogen-bond donors (Lipinski definition) is 1. The van der Waals surface area contributed by atoms with E-state index in [1.165, 1.54) is 4.31 Å². The van der Waals surface area contributed by atoms with Gasteiger partial charge in [0, 0.05) is 31.4 Å². The van der Waals surface area contributed by atoms with E-state index in [-0.39, 0.29) is 11.6 Å². The summed E-state index contributed by atoms with van der Waals surface area (Å²) in [6, 6.07) is 0. The molecule has 20 heavy (non-hydrogen) atoms. The van der Waals surface area contributed by atoms with Gasteiger partial charge in [0.25, 0.3) is 10.0 Å². The fraction of sp³-hybridized carbons (Fsp3) is 0.769. The smallest absolute Gasteiger partial charge is 0.262 e. The first kappa shape index (κ1) is 17.1. The zero-order valence-corrected chi connectivity index (χ0v) is 13.9. The van der Waals surface area contributed by atoms with E-state index in [0.717, 1.165) is 6.42 Å². The Morgan fingerprint density at radius 1 is 1.40 bits per heavy atom. The summed E-state index contributed by atoms with van der Waals surface area (Å²) >= 11 is 0. The predicted molar refractivity (Wildman–Crippen MR) is 80.0 cm³/mol. The first-order valence-corrected chi connectivity index (χ1v) is 8.41. The summed E-state index contributed by atoms with van der Waals surface area (Å²) in [4.78, 5) is 4.20. The van der Waals surface area contributed by atoms with Crippen molar-refractivity contribution in [2.24, 2.45) is 5.73 Å². The van der Waals surface area contributed by atoms with Crippen LogP contribution in [0.5, 0.6) is 0 Å². The van der Waals surface area contributed by atoms with E-state index in [0.29, 0.717) is 18.9 Å². The van der Waals surface area contributed by atoms with Crippen LogP contribution in [0.4, 0.5) is 0 Å². The van der Waals surface area contributed by atoms with Crippen molar-refractivity contribution >= 4 is 10.0 Å². The van der Waals surface area contributed by atoms with Gasteiger partial charge in [-0.15, -0.1) is 0 Å². The van der Waals surface area contributed by atoms with Gasteiger partial charge in [-0.2, -0.15) is 4.31 Å². The lowest BCUT2D eigenvalue weighted by atomic mass is 10.1. The van der Waals surface area contributed by atoms with E-state index in [9.17, 15) is 8.42 Å². The number of aromatic nitrogens is 2. The Kier molecular flexibility index (Phi) is 5.34. The van der Waals surface area contributed by atoms with Crippen LogP contribution in [-0.4, -0.2) is 40.9 Å². The minimum atomic E-state index is -3.62.